The number of nitrogens with two attached hydrogens (primary N) is 1. The minimum atomic E-state index is -0.988. The van der Waals surface area contributed by atoms with Crippen LogP contribution >= 0.6 is 34.8 Å². The summed E-state index contributed by atoms with van der Waals surface area (Å²) in [6, 6.07) is 13.4. The van der Waals surface area contributed by atoms with Crippen LogP contribution in [0.2, 0.25) is 0 Å². The summed E-state index contributed by atoms with van der Waals surface area (Å²) in [6.45, 7) is 0. The van der Waals surface area contributed by atoms with E-state index in [0.717, 1.165) is 0 Å². The summed E-state index contributed by atoms with van der Waals surface area (Å²) >= 11 is 15.1. The van der Waals surface area contributed by atoms with Crippen LogP contribution in [0.5, 0.6) is 0 Å². The van der Waals surface area contributed by atoms with Crippen LogP contribution < -0.4 is 11.4 Å². The van der Waals surface area contributed by atoms with Crippen LogP contribution in [0.4, 0.5) is 5.69 Å². The van der Waals surface area contributed by atoms with Crippen LogP contribution in [-0.4, -0.2) is 27.2 Å². The number of aromatic carboxylic acids is 1. The van der Waals surface area contributed by atoms with E-state index in [1.54, 1.807) is 36.4 Å². The Balaban J connectivity index is 0.000000233. The van der Waals surface area contributed by atoms with E-state index in [9.17, 15) is 14.4 Å². The van der Waals surface area contributed by atoms with Crippen molar-refractivity contribution in [1.82, 2.24) is 4.98 Å². The number of hydrogen-bond donors (Lipinski definition) is 2. The number of rotatable bonds is 3. The van der Waals surface area contributed by atoms with Crippen molar-refractivity contribution in [2.45, 2.75) is 5.88 Å². The standard InChI is InChI=1S/C9H6ClNO2.C7H7NO2.C2H2Cl2O/c10-5-8-11-7-4-2-1-3-6(7)9(12)13-8;8-6-4-2-1-3-5(6)7(9)10;3-1-2(4)5/h1-4H,5H2;1-4H,8H2,(H,9,10);1H2. The molecule has 3 rings (SSSR count). The first kappa shape index (κ1) is 23.4. The van der Waals surface area contributed by atoms with E-state index < -0.39 is 11.2 Å². The molecule has 0 unspecified atom stereocenters. The van der Waals surface area contributed by atoms with E-state index in [0.29, 0.717) is 16.6 Å². The lowest BCUT2D eigenvalue weighted by molar-refractivity contribution is -0.109. The number of carbonyl (C=O) groups excluding carboxylic acids is 1. The van der Waals surface area contributed by atoms with Gasteiger partial charge in [-0.25, -0.2) is 14.6 Å². The predicted molar refractivity (Wildman–Crippen MR) is 109 cm³/mol. The Labute approximate surface area is 174 Å². The van der Waals surface area contributed by atoms with E-state index >= 15 is 0 Å². The molecular formula is C18H15Cl3N2O5. The fourth-order valence-electron chi connectivity index (χ4n) is 1.81. The second kappa shape index (κ2) is 12.0. The average Bonchev–Trinajstić information content (AvgIpc) is 2.69. The summed E-state index contributed by atoms with van der Waals surface area (Å²) in [6.07, 6.45) is 0. The van der Waals surface area contributed by atoms with Crippen LogP contribution in [-0.2, 0) is 10.7 Å². The third kappa shape index (κ3) is 7.56. The number of fused-ring (bicyclic) bond motifs is 1. The fraction of sp³-hybridized carbons (Fsp3) is 0.111. The van der Waals surface area contributed by atoms with E-state index in [-0.39, 0.29) is 28.8 Å². The number of nitrogen functional groups attached to an aromatic ring is 1. The summed E-state index contributed by atoms with van der Waals surface area (Å²) in [7, 11) is 0. The molecule has 0 spiro atoms. The molecule has 0 bridgehead atoms. The van der Waals surface area contributed by atoms with Gasteiger partial charge in [0.25, 0.3) is 0 Å². The van der Waals surface area contributed by atoms with Crippen molar-refractivity contribution in [3.05, 3.63) is 70.4 Å². The molecular weight excluding hydrogens is 431 g/mol. The highest BCUT2D eigenvalue weighted by atomic mass is 35.5. The van der Waals surface area contributed by atoms with Crippen LogP contribution in [0, 0.1) is 0 Å². The maximum Gasteiger partial charge on any atom is 0.346 e. The van der Waals surface area contributed by atoms with Gasteiger partial charge in [-0.1, -0.05) is 24.3 Å². The molecule has 0 aliphatic heterocycles. The second-order valence-corrected chi connectivity index (χ2v) is 5.88. The van der Waals surface area contributed by atoms with Gasteiger partial charge in [0.05, 0.1) is 28.2 Å². The van der Waals surface area contributed by atoms with Crippen LogP contribution in [0.3, 0.4) is 0 Å². The number of benzene rings is 2. The molecule has 0 aliphatic rings. The van der Waals surface area contributed by atoms with Gasteiger partial charge < -0.3 is 15.3 Å². The first-order valence-corrected chi connectivity index (χ1v) is 9.01. The third-order valence-corrected chi connectivity index (χ3v) is 3.73. The number of anilines is 1. The Hall–Kier alpha value is -2.61. The lowest BCUT2D eigenvalue weighted by Gasteiger charge is -1.96. The summed E-state index contributed by atoms with van der Waals surface area (Å²) < 4.78 is 4.84. The zero-order valence-electron chi connectivity index (χ0n) is 14.3. The lowest BCUT2D eigenvalue weighted by atomic mass is 10.2. The molecule has 3 N–H and O–H groups in total. The van der Waals surface area contributed by atoms with Gasteiger partial charge in [0.15, 0.2) is 0 Å². The number of carboxylic acid groups (broad SMARTS) is 1. The molecule has 0 saturated heterocycles. The van der Waals surface area contributed by atoms with Crippen molar-refractivity contribution in [2.75, 3.05) is 11.6 Å². The third-order valence-electron chi connectivity index (χ3n) is 2.99. The fourth-order valence-corrected chi connectivity index (χ4v) is 1.93. The molecule has 148 valence electrons. The number of para-hydroxylation sites is 2. The highest BCUT2D eigenvalue weighted by Crippen LogP contribution is 2.09. The van der Waals surface area contributed by atoms with Gasteiger partial charge in [-0.3, -0.25) is 4.79 Å². The molecule has 1 heterocycles. The Morgan fingerprint density at radius 3 is 2.14 bits per heavy atom. The molecule has 0 atom stereocenters. The molecule has 0 radical (unpaired) electrons. The zero-order chi connectivity index (χ0) is 21.1. The average molecular weight is 446 g/mol. The number of carbonyl (C=O) groups is 2. The van der Waals surface area contributed by atoms with E-state index in [4.69, 9.17) is 50.1 Å². The van der Waals surface area contributed by atoms with Crippen LogP contribution in [0.25, 0.3) is 10.9 Å². The molecule has 3 aromatic rings. The molecule has 7 nitrogen and oxygen atoms in total. The largest absolute Gasteiger partial charge is 0.478 e. The first-order valence-electron chi connectivity index (χ1n) is 7.57. The normalized spacial score (nSPS) is 9.54. The molecule has 0 fully saturated rings. The van der Waals surface area contributed by atoms with Crippen LogP contribution in [0.1, 0.15) is 16.2 Å². The number of alkyl halides is 2. The maximum absolute atomic E-state index is 11.3. The molecule has 1 aromatic heterocycles. The minimum absolute atomic E-state index is 0.0957. The predicted octanol–water partition coefficient (Wildman–Crippen LogP) is 3.88. The topological polar surface area (TPSA) is 123 Å². The molecule has 28 heavy (non-hydrogen) atoms. The Morgan fingerprint density at radius 1 is 1.07 bits per heavy atom. The lowest BCUT2D eigenvalue weighted by Crippen LogP contribution is -2.03. The van der Waals surface area contributed by atoms with Gasteiger partial charge in [-0.05, 0) is 35.9 Å². The molecule has 0 aliphatic carbocycles. The first-order chi connectivity index (χ1) is 13.3. The van der Waals surface area contributed by atoms with Gasteiger partial charge >= 0.3 is 11.6 Å². The number of nitrogens with zero attached hydrogens (tertiary/aromatic N) is 1. The summed E-state index contributed by atoms with van der Waals surface area (Å²) in [4.78, 5) is 35.1. The number of aromatic nitrogens is 1. The molecule has 0 saturated carbocycles. The van der Waals surface area contributed by atoms with Gasteiger partial charge in [0, 0.05) is 5.69 Å². The van der Waals surface area contributed by atoms with Gasteiger partial charge in [0.2, 0.25) is 11.1 Å². The molecule has 0 amide bonds. The van der Waals surface area contributed by atoms with Crippen molar-refractivity contribution in [2.24, 2.45) is 0 Å². The van der Waals surface area contributed by atoms with Crippen molar-refractivity contribution >= 4 is 62.6 Å². The minimum Gasteiger partial charge on any atom is -0.478 e. The number of carboxylic acids is 1. The number of hydrogen-bond acceptors (Lipinski definition) is 6. The van der Waals surface area contributed by atoms with Gasteiger partial charge in [-0.2, -0.15) is 0 Å². The zero-order valence-corrected chi connectivity index (χ0v) is 16.5. The van der Waals surface area contributed by atoms with Crippen LogP contribution in [0.15, 0.2) is 57.7 Å². The highest BCUT2D eigenvalue weighted by Gasteiger charge is 2.04. The summed E-state index contributed by atoms with van der Waals surface area (Å²) in [5.41, 5.74) is 6.03. The SMILES string of the molecule is Nc1ccccc1C(=O)O.O=C(Cl)CCl.O=c1oc(CCl)nc2ccccc12. The van der Waals surface area contributed by atoms with Crippen molar-refractivity contribution < 1.29 is 19.1 Å². The van der Waals surface area contributed by atoms with E-state index in [1.807, 2.05) is 6.07 Å². The Bertz CT molecular complexity index is 1010. The van der Waals surface area contributed by atoms with Crippen molar-refractivity contribution in [1.29, 1.82) is 0 Å². The second-order valence-electron chi connectivity index (χ2n) is 4.93. The Kier molecular flexibility index (Phi) is 10.0. The highest BCUT2D eigenvalue weighted by molar-refractivity contribution is 6.67. The monoisotopic (exact) mass is 444 g/mol. The maximum atomic E-state index is 11.3. The molecule has 10 heteroatoms. The molecule has 2 aromatic carbocycles. The van der Waals surface area contributed by atoms with E-state index in [1.165, 1.54) is 6.07 Å². The van der Waals surface area contributed by atoms with Gasteiger partial charge in [0.1, 0.15) is 0 Å². The summed E-state index contributed by atoms with van der Waals surface area (Å²) in [5.74, 6) is -0.717. The Morgan fingerprint density at radius 2 is 1.64 bits per heavy atom. The smallest absolute Gasteiger partial charge is 0.346 e. The number of halogens is 3. The van der Waals surface area contributed by atoms with Gasteiger partial charge in [-0.15, -0.1) is 23.2 Å². The summed E-state index contributed by atoms with van der Waals surface area (Å²) in [5, 5.41) is 8.46. The van der Waals surface area contributed by atoms with Crippen molar-refractivity contribution in [3.63, 3.8) is 0 Å². The van der Waals surface area contributed by atoms with Crippen molar-refractivity contribution in [3.8, 4) is 0 Å². The quantitative estimate of drug-likeness (QED) is 0.356. The van der Waals surface area contributed by atoms with E-state index in [2.05, 4.69) is 4.98 Å².